The summed E-state index contributed by atoms with van der Waals surface area (Å²) >= 11 is 12.7. The van der Waals surface area contributed by atoms with Gasteiger partial charge >= 0.3 is 0 Å². The van der Waals surface area contributed by atoms with Gasteiger partial charge in [-0.3, -0.25) is 14.9 Å². The van der Waals surface area contributed by atoms with Crippen molar-refractivity contribution in [2.24, 2.45) is 11.3 Å². The van der Waals surface area contributed by atoms with E-state index in [2.05, 4.69) is 42.4 Å². The van der Waals surface area contributed by atoms with Gasteiger partial charge in [0.25, 0.3) is 0 Å². The largest absolute Gasteiger partial charge is 0.486 e. The molecule has 3 aliphatic heterocycles. The molecule has 6 heterocycles. The molecule has 0 bridgehead atoms. The fraction of sp³-hybridized carbons (Fsp3) is 0.400. The summed E-state index contributed by atoms with van der Waals surface area (Å²) < 4.78 is 6.21. The number of piperidine rings is 1. The maximum absolute atomic E-state index is 12.8. The minimum Gasteiger partial charge on any atom is -0.486 e. The van der Waals surface area contributed by atoms with Crippen LogP contribution < -0.4 is 15.0 Å². The molecular formula is C30H31Cl2N7O2. The van der Waals surface area contributed by atoms with Crippen molar-refractivity contribution in [3.05, 3.63) is 64.5 Å². The number of rotatable bonds is 6. The quantitative estimate of drug-likeness (QED) is 0.321. The number of anilines is 1. The standard InChI is InChI=1S/C30H31Cl2N7O2/c1-18(27-23(31)12-34-13-24(27)32)41-21-3-4-25-22(10-21)28(37-36-25)20-2-5-26(35-11-20)38-14-30(15-38)16-39(17-30)29(40)19-6-8-33-9-7-19/h2-5,10-13,18-19,33H,6-9,14-17H2,1H3,(H,36,37)/t18-/m1/s1. The summed E-state index contributed by atoms with van der Waals surface area (Å²) in [5, 5.41) is 12.9. The lowest BCUT2D eigenvalue weighted by molar-refractivity contribution is -0.150. The molecule has 0 unspecified atom stereocenters. The third-order valence-corrected chi connectivity index (χ3v) is 9.20. The monoisotopic (exact) mass is 591 g/mol. The first-order valence-electron chi connectivity index (χ1n) is 14.0. The number of hydrogen-bond donors (Lipinski definition) is 2. The van der Waals surface area contributed by atoms with Crippen LogP contribution in [0.4, 0.5) is 5.82 Å². The van der Waals surface area contributed by atoms with Crippen LogP contribution in [0.15, 0.2) is 48.9 Å². The molecule has 0 aliphatic carbocycles. The highest BCUT2D eigenvalue weighted by Gasteiger charge is 2.54. The highest BCUT2D eigenvalue weighted by molar-refractivity contribution is 6.35. The van der Waals surface area contributed by atoms with E-state index < -0.39 is 0 Å². The van der Waals surface area contributed by atoms with Gasteiger partial charge in [0.15, 0.2) is 0 Å². The molecule has 3 aromatic heterocycles. The van der Waals surface area contributed by atoms with Crippen LogP contribution in [0, 0.1) is 11.3 Å². The summed E-state index contributed by atoms with van der Waals surface area (Å²) in [5.41, 5.74) is 3.56. The van der Waals surface area contributed by atoms with Crippen LogP contribution in [-0.4, -0.2) is 70.2 Å². The number of aromatic nitrogens is 4. The normalized spacial score (nSPS) is 19.2. The van der Waals surface area contributed by atoms with Crippen LogP contribution >= 0.6 is 23.2 Å². The lowest BCUT2D eigenvalue weighted by Crippen LogP contribution is -2.73. The van der Waals surface area contributed by atoms with Crippen molar-refractivity contribution < 1.29 is 9.53 Å². The van der Waals surface area contributed by atoms with Gasteiger partial charge in [0, 0.05) is 72.6 Å². The molecule has 1 atom stereocenters. The molecule has 3 saturated heterocycles. The van der Waals surface area contributed by atoms with E-state index in [9.17, 15) is 4.79 Å². The average molecular weight is 593 g/mol. The maximum Gasteiger partial charge on any atom is 0.225 e. The fourth-order valence-corrected chi connectivity index (χ4v) is 7.12. The minimum absolute atomic E-state index is 0.196. The second kappa shape index (κ2) is 10.5. The number of fused-ring (bicyclic) bond motifs is 1. The predicted molar refractivity (Wildman–Crippen MR) is 159 cm³/mol. The number of aromatic amines is 1. The SMILES string of the molecule is C[C@@H](Oc1ccc2[nH]nc(-c3ccc(N4CC5(CN(C(=O)C6CCNCC6)C5)C4)nc3)c2c1)c1c(Cl)cncc1Cl. The van der Waals surface area contributed by atoms with Crippen molar-refractivity contribution in [2.75, 3.05) is 44.2 Å². The molecule has 4 aromatic rings. The number of pyridine rings is 2. The van der Waals surface area contributed by atoms with Crippen molar-refractivity contribution >= 4 is 45.8 Å². The molecular weight excluding hydrogens is 561 g/mol. The summed E-state index contributed by atoms with van der Waals surface area (Å²) in [6.45, 7) is 7.41. The highest BCUT2D eigenvalue weighted by Crippen LogP contribution is 2.42. The van der Waals surface area contributed by atoms with Gasteiger partial charge in [0.1, 0.15) is 23.4 Å². The molecule has 0 radical (unpaired) electrons. The first-order valence-corrected chi connectivity index (χ1v) is 14.8. The smallest absolute Gasteiger partial charge is 0.225 e. The first-order chi connectivity index (χ1) is 19.9. The van der Waals surface area contributed by atoms with Crippen LogP contribution in [0.1, 0.15) is 31.4 Å². The van der Waals surface area contributed by atoms with Crippen molar-refractivity contribution in [2.45, 2.75) is 25.9 Å². The lowest BCUT2D eigenvalue weighted by atomic mass is 9.72. The van der Waals surface area contributed by atoms with Crippen molar-refractivity contribution in [3.8, 4) is 17.0 Å². The predicted octanol–water partition coefficient (Wildman–Crippen LogP) is 5.11. The van der Waals surface area contributed by atoms with Gasteiger partial charge in [0.05, 0.1) is 15.6 Å². The zero-order valence-electron chi connectivity index (χ0n) is 22.7. The summed E-state index contributed by atoms with van der Waals surface area (Å²) in [4.78, 5) is 26.0. The van der Waals surface area contributed by atoms with Gasteiger partial charge in [-0.15, -0.1) is 0 Å². The summed E-state index contributed by atoms with van der Waals surface area (Å²) in [7, 11) is 0. The Balaban J connectivity index is 1.00. The van der Waals surface area contributed by atoms with Crippen LogP contribution in [0.2, 0.25) is 10.0 Å². The van der Waals surface area contributed by atoms with E-state index in [4.69, 9.17) is 32.9 Å². The Morgan fingerprint density at radius 1 is 1.05 bits per heavy atom. The van der Waals surface area contributed by atoms with Crippen LogP contribution in [-0.2, 0) is 4.79 Å². The van der Waals surface area contributed by atoms with Gasteiger partial charge in [0.2, 0.25) is 5.91 Å². The van der Waals surface area contributed by atoms with E-state index in [0.717, 1.165) is 80.1 Å². The van der Waals surface area contributed by atoms with Gasteiger partial charge < -0.3 is 19.9 Å². The third kappa shape index (κ3) is 4.90. The molecule has 3 aliphatic rings. The van der Waals surface area contributed by atoms with E-state index in [1.165, 1.54) is 0 Å². The second-order valence-electron chi connectivity index (χ2n) is 11.5. The number of halogens is 2. The molecule has 3 fully saturated rings. The molecule has 212 valence electrons. The van der Waals surface area contributed by atoms with E-state index in [1.54, 1.807) is 12.4 Å². The van der Waals surface area contributed by atoms with Gasteiger partial charge in [-0.05, 0) is 63.2 Å². The van der Waals surface area contributed by atoms with Gasteiger partial charge in [-0.1, -0.05) is 23.2 Å². The third-order valence-electron chi connectivity index (χ3n) is 8.59. The fourth-order valence-electron chi connectivity index (χ4n) is 6.44. The Morgan fingerprint density at radius 3 is 2.51 bits per heavy atom. The topological polar surface area (TPSA) is 99.3 Å². The molecule has 41 heavy (non-hydrogen) atoms. The number of likely N-dealkylation sites (tertiary alicyclic amines) is 1. The summed E-state index contributed by atoms with van der Waals surface area (Å²) in [6.07, 6.45) is 6.55. The van der Waals surface area contributed by atoms with Crippen LogP contribution in [0.25, 0.3) is 22.2 Å². The Labute approximate surface area is 248 Å². The Hall–Kier alpha value is -3.40. The van der Waals surface area contributed by atoms with Gasteiger partial charge in [-0.25, -0.2) is 4.98 Å². The zero-order chi connectivity index (χ0) is 28.1. The van der Waals surface area contributed by atoms with Crippen molar-refractivity contribution in [1.29, 1.82) is 0 Å². The van der Waals surface area contributed by atoms with Crippen LogP contribution in [0.3, 0.4) is 0 Å². The molecule has 9 nitrogen and oxygen atoms in total. The Kier molecular flexibility index (Phi) is 6.76. The Morgan fingerprint density at radius 2 is 1.80 bits per heavy atom. The molecule has 1 spiro atoms. The number of carbonyl (C=O) groups is 1. The molecule has 7 rings (SSSR count). The number of benzene rings is 1. The minimum atomic E-state index is -0.364. The molecule has 1 amide bonds. The molecule has 1 aromatic carbocycles. The van der Waals surface area contributed by atoms with E-state index >= 15 is 0 Å². The second-order valence-corrected chi connectivity index (χ2v) is 12.4. The van der Waals surface area contributed by atoms with Crippen LogP contribution in [0.5, 0.6) is 5.75 Å². The zero-order valence-corrected chi connectivity index (χ0v) is 24.3. The molecule has 2 N–H and O–H groups in total. The first kappa shape index (κ1) is 26.5. The van der Waals surface area contributed by atoms with Crippen molar-refractivity contribution in [3.63, 3.8) is 0 Å². The lowest BCUT2D eigenvalue weighted by Gasteiger charge is -2.61. The van der Waals surface area contributed by atoms with Crippen molar-refractivity contribution in [1.82, 2.24) is 30.4 Å². The maximum atomic E-state index is 12.8. The number of nitrogens with zero attached hydrogens (tertiary/aromatic N) is 5. The average Bonchev–Trinajstić information content (AvgIpc) is 3.35. The highest BCUT2D eigenvalue weighted by atomic mass is 35.5. The van der Waals surface area contributed by atoms with E-state index in [-0.39, 0.29) is 17.4 Å². The van der Waals surface area contributed by atoms with Gasteiger partial charge in [-0.2, -0.15) is 5.10 Å². The van der Waals surface area contributed by atoms with E-state index in [1.807, 2.05) is 31.3 Å². The number of H-pyrrole nitrogens is 1. The molecule has 0 saturated carbocycles. The number of nitrogens with one attached hydrogen (secondary N) is 2. The summed E-state index contributed by atoms with van der Waals surface area (Å²) in [6, 6.07) is 9.92. The molecule has 11 heteroatoms. The number of amides is 1. The number of carbonyl (C=O) groups excluding carboxylic acids is 1. The Bertz CT molecular complexity index is 1570. The summed E-state index contributed by atoms with van der Waals surface area (Å²) in [5.74, 6) is 2.17. The number of ether oxygens (including phenoxy) is 1. The number of hydrogen-bond acceptors (Lipinski definition) is 7. The van der Waals surface area contributed by atoms with E-state index in [0.29, 0.717) is 27.3 Å².